The molecule has 0 radical (unpaired) electrons. The summed E-state index contributed by atoms with van der Waals surface area (Å²) in [5.41, 5.74) is 3.30. The van der Waals surface area contributed by atoms with E-state index in [1.165, 1.54) is 12.1 Å². The topological polar surface area (TPSA) is 82.5 Å². The number of carbonyl (C=O) groups is 2. The summed E-state index contributed by atoms with van der Waals surface area (Å²) in [6.45, 7) is 2.49. The van der Waals surface area contributed by atoms with E-state index >= 15 is 0 Å². The van der Waals surface area contributed by atoms with Crippen molar-refractivity contribution in [2.24, 2.45) is 0 Å². The Bertz CT molecular complexity index is 1150. The first-order valence-electron chi connectivity index (χ1n) is 11.9. The number of likely N-dealkylation sites (N-methyl/N-ethyl adjacent to an activating group) is 1. The maximum absolute atomic E-state index is 13.6. The Morgan fingerprint density at radius 3 is 2.51 bits per heavy atom. The van der Waals surface area contributed by atoms with Crippen LogP contribution in [0.1, 0.15) is 54.0 Å². The van der Waals surface area contributed by atoms with Gasteiger partial charge in [-0.25, -0.2) is 4.39 Å². The van der Waals surface area contributed by atoms with E-state index in [2.05, 4.69) is 10.3 Å². The van der Waals surface area contributed by atoms with Crippen molar-refractivity contribution in [2.75, 3.05) is 13.2 Å². The van der Waals surface area contributed by atoms with Crippen LogP contribution in [0.15, 0.2) is 72.9 Å². The number of hydrogen-bond acceptors (Lipinski definition) is 4. The van der Waals surface area contributed by atoms with Crippen molar-refractivity contribution in [3.05, 3.63) is 101 Å². The second kappa shape index (κ2) is 11.2. The summed E-state index contributed by atoms with van der Waals surface area (Å²) in [7, 11) is 0. The van der Waals surface area contributed by atoms with E-state index in [9.17, 15) is 19.1 Å². The number of nitrogens with zero attached hydrogens (tertiary/aromatic N) is 2. The molecule has 182 valence electrons. The number of amides is 2. The van der Waals surface area contributed by atoms with Gasteiger partial charge in [-0.2, -0.15) is 0 Å². The van der Waals surface area contributed by atoms with Gasteiger partial charge in [0.1, 0.15) is 5.82 Å². The Labute approximate surface area is 204 Å². The number of rotatable bonds is 9. The number of aliphatic hydroxyl groups excluding tert-OH is 1. The highest BCUT2D eigenvalue weighted by molar-refractivity contribution is 5.84. The third kappa shape index (κ3) is 5.74. The van der Waals surface area contributed by atoms with Crippen molar-refractivity contribution in [3.63, 3.8) is 0 Å². The van der Waals surface area contributed by atoms with E-state index in [4.69, 9.17) is 0 Å². The van der Waals surface area contributed by atoms with Crippen LogP contribution >= 0.6 is 0 Å². The molecule has 35 heavy (non-hydrogen) atoms. The van der Waals surface area contributed by atoms with Crippen LogP contribution in [0, 0.1) is 5.82 Å². The zero-order chi connectivity index (χ0) is 24.8. The molecule has 2 heterocycles. The van der Waals surface area contributed by atoms with Crippen molar-refractivity contribution in [3.8, 4) is 0 Å². The fraction of sp³-hybridized carbons (Fsp3) is 0.321. The number of aromatic nitrogens is 1. The maximum Gasteiger partial charge on any atom is 0.232 e. The van der Waals surface area contributed by atoms with E-state index in [-0.39, 0.29) is 36.2 Å². The van der Waals surface area contributed by atoms with Crippen LogP contribution in [0.3, 0.4) is 0 Å². The van der Waals surface area contributed by atoms with Crippen LogP contribution in [0.2, 0.25) is 0 Å². The van der Waals surface area contributed by atoms with Gasteiger partial charge >= 0.3 is 0 Å². The van der Waals surface area contributed by atoms with E-state index in [1.807, 2.05) is 49.4 Å². The van der Waals surface area contributed by atoms with Gasteiger partial charge in [0.15, 0.2) is 0 Å². The van der Waals surface area contributed by atoms with E-state index in [0.717, 1.165) is 22.4 Å². The van der Waals surface area contributed by atoms with Crippen LogP contribution in [-0.2, 0) is 16.1 Å². The Morgan fingerprint density at radius 1 is 1.14 bits per heavy atom. The standard InChI is InChI=1S/C28H30FN3O3/c1-2-32(28(35)23(18-33)20-6-4-3-5-7-20)17-19-14-15-30-25(16-19)27(24-12-13-26(34)31-24)21-8-10-22(29)11-9-21/h3-11,14-16,23-24,27,33H,2,12-13,17-18H2,1H3,(H,31,34)/t23?,24-,27-/m1/s1. The quantitative estimate of drug-likeness (QED) is 0.494. The second-order valence-corrected chi connectivity index (χ2v) is 8.83. The van der Waals surface area contributed by atoms with Gasteiger partial charge in [-0.1, -0.05) is 42.5 Å². The molecule has 2 amide bonds. The van der Waals surface area contributed by atoms with Gasteiger partial charge in [-0.05, 0) is 54.3 Å². The normalized spacial score (nSPS) is 17.0. The number of nitrogens with one attached hydrogen (secondary N) is 1. The summed E-state index contributed by atoms with van der Waals surface area (Å²) in [5.74, 6) is -1.33. The molecule has 3 aromatic rings. The summed E-state index contributed by atoms with van der Waals surface area (Å²) in [4.78, 5) is 31.6. The zero-order valence-electron chi connectivity index (χ0n) is 19.7. The molecule has 2 N–H and O–H groups in total. The van der Waals surface area contributed by atoms with Gasteiger partial charge in [-0.15, -0.1) is 0 Å². The van der Waals surface area contributed by atoms with E-state index in [0.29, 0.717) is 25.9 Å². The number of pyridine rings is 1. The molecule has 0 spiro atoms. The van der Waals surface area contributed by atoms with Crippen LogP contribution < -0.4 is 5.32 Å². The molecule has 1 aromatic heterocycles. The molecule has 1 aliphatic rings. The lowest BCUT2D eigenvalue weighted by Gasteiger charge is -2.27. The van der Waals surface area contributed by atoms with Crippen molar-refractivity contribution in [2.45, 2.75) is 44.2 Å². The number of carbonyl (C=O) groups excluding carboxylic acids is 2. The molecule has 1 unspecified atom stereocenters. The molecule has 1 fully saturated rings. The smallest absolute Gasteiger partial charge is 0.232 e. The average molecular weight is 476 g/mol. The molecule has 3 atom stereocenters. The second-order valence-electron chi connectivity index (χ2n) is 8.83. The molecule has 7 heteroatoms. The summed E-state index contributed by atoms with van der Waals surface area (Å²) >= 11 is 0. The third-order valence-electron chi connectivity index (χ3n) is 6.57. The number of halogens is 1. The van der Waals surface area contributed by atoms with Gasteiger partial charge in [0.2, 0.25) is 11.8 Å². The lowest BCUT2D eigenvalue weighted by Crippen LogP contribution is -2.36. The first-order chi connectivity index (χ1) is 17.0. The molecule has 6 nitrogen and oxygen atoms in total. The SMILES string of the molecule is CCN(Cc1ccnc([C@H](c2ccc(F)cc2)[C@H]2CCC(=O)N2)c1)C(=O)C(CO)c1ccccc1. The zero-order valence-corrected chi connectivity index (χ0v) is 19.7. The van der Waals surface area contributed by atoms with Gasteiger partial charge in [0.05, 0.1) is 18.2 Å². The molecule has 0 saturated carbocycles. The number of aliphatic hydroxyl groups is 1. The predicted molar refractivity (Wildman–Crippen MR) is 131 cm³/mol. The number of hydrogen-bond donors (Lipinski definition) is 2. The minimum atomic E-state index is -0.627. The number of benzene rings is 2. The lowest BCUT2D eigenvalue weighted by molar-refractivity contribution is -0.134. The van der Waals surface area contributed by atoms with Gasteiger partial charge < -0.3 is 15.3 Å². The van der Waals surface area contributed by atoms with Gasteiger partial charge in [0.25, 0.3) is 0 Å². The first-order valence-corrected chi connectivity index (χ1v) is 11.9. The van der Waals surface area contributed by atoms with Crippen LogP contribution in [0.4, 0.5) is 4.39 Å². The summed E-state index contributed by atoms with van der Waals surface area (Å²) in [5, 5.41) is 13.0. The van der Waals surface area contributed by atoms with E-state index in [1.54, 1.807) is 23.2 Å². The molecule has 0 bridgehead atoms. The predicted octanol–water partition coefficient (Wildman–Crippen LogP) is 3.76. The van der Waals surface area contributed by atoms with Crippen molar-refractivity contribution in [1.29, 1.82) is 0 Å². The molecular formula is C28H30FN3O3. The highest BCUT2D eigenvalue weighted by Gasteiger charge is 2.32. The minimum Gasteiger partial charge on any atom is -0.395 e. The van der Waals surface area contributed by atoms with Crippen LogP contribution in [-0.4, -0.2) is 46.0 Å². The molecule has 0 aliphatic carbocycles. The third-order valence-corrected chi connectivity index (χ3v) is 6.57. The van der Waals surface area contributed by atoms with Gasteiger partial charge in [0, 0.05) is 37.7 Å². The highest BCUT2D eigenvalue weighted by Crippen LogP contribution is 2.32. The Kier molecular flexibility index (Phi) is 7.87. The monoisotopic (exact) mass is 475 g/mol. The largest absolute Gasteiger partial charge is 0.395 e. The fourth-order valence-corrected chi connectivity index (χ4v) is 4.73. The highest BCUT2D eigenvalue weighted by atomic mass is 19.1. The molecule has 1 aliphatic heterocycles. The van der Waals surface area contributed by atoms with Crippen molar-refractivity contribution < 1.29 is 19.1 Å². The lowest BCUT2D eigenvalue weighted by atomic mass is 9.86. The van der Waals surface area contributed by atoms with Crippen LogP contribution in [0.25, 0.3) is 0 Å². The molecule has 1 saturated heterocycles. The van der Waals surface area contributed by atoms with E-state index < -0.39 is 5.92 Å². The Hall–Kier alpha value is -3.58. The summed E-state index contributed by atoms with van der Waals surface area (Å²) in [6, 6.07) is 19.2. The summed E-state index contributed by atoms with van der Waals surface area (Å²) < 4.78 is 13.6. The first kappa shape index (κ1) is 24.5. The Morgan fingerprint density at radius 2 is 1.89 bits per heavy atom. The van der Waals surface area contributed by atoms with Gasteiger partial charge in [-0.3, -0.25) is 14.6 Å². The summed E-state index contributed by atoms with van der Waals surface area (Å²) in [6.07, 6.45) is 2.82. The Balaban J connectivity index is 1.60. The molecule has 2 aromatic carbocycles. The fourth-order valence-electron chi connectivity index (χ4n) is 4.73. The molecule has 4 rings (SSSR count). The van der Waals surface area contributed by atoms with Crippen LogP contribution in [0.5, 0.6) is 0 Å². The van der Waals surface area contributed by atoms with Crippen molar-refractivity contribution >= 4 is 11.8 Å². The average Bonchev–Trinajstić information content (AvgIpc) is 3.30. The minimum absolute atomic E-state index is 0.00280. The van der Waals surface area contributed by atoms with Crippen molar-refractivity contribution in [1.82, 2.24) is 15.2 Å². The molecular weight excluding hydrogens is 445 g/mol. The maximum atomic E-state index is 13.6.